The fourth-order valence-corrected chi connectivity index (χ4v) is 1.38. The van der Waals surface area contributed by atoms with Gasteiger partial charge in [-0.2, -0.15) is 4.39 Å². The second kappa shape index (κ2) is 7.16. The standard InChI is InChI=1S/C10H13FN2O3.ClH/c11-8-4-3-7(6-10(8)13(15)16)9(12)2-1-5-14;/h3-4,6,9,14H,1-2,5,12H2;1H/t9-;/m0./s1. The largest absolute Gasteiger partial charge is 0.396 e. The van der Waals surface area contributed by atoms with Crippen molar-refractivity contribution in [3.05, 3.63) is 39.7 Å². The van der Waals surface area contributed by atoms with Gasteiger partial charge in [-0.05, 0) is 24.5 Å². The summed E-state index contributed by atoms with van der Waals surface area (Å²) >= 11 is 0. The highest BCUT2D eigenvalue weighted by molar-refractivity contribution is 5.85. The molecular weight excluding hydrogens is 251 g/mol. The van der Waals surface area contributed by atoms with Crippen molar-refractivity contribution in [2.75, 3.05) is 6.61 Å². The summed E-state index contributed by atoms with van der Waals surface area (Å²) in [5, 5.41) is 19.1. The van der Waals surface area contributed by atoms with Crippen molar-refractivity contribution < 1.29 is 14.4 Å². The molecule has 1 atom stereocenters. The molecule has 0 aromatic heterocycles. The molecule has 5 nitrogen and oxygen atoms in total. The number of hydrogen-bond donors (Lipinski definition) is 2. The van der Waals surface area contributed by atoms with E-state index in [4.69, 9.17) is 10.8 Å². The lowest BCUT2D eigenvalue weighted by Gasteiger charge is -2.10. The van der Waals surface area contributed by atoms with Gasteiger partial charge in [0.25, 0.3) is 0 Å². The van der Waals surface area contributed by atoms with Crippen LogP contribution in [0.1, 0.15) is 24.4 Å². The van der Waals surface area contributed by atoms with Gasteiger partial charge in [-0.25, -0.2) is 0 Å². The maximum Gasteiger partial charge on any atom is 0.305 e. The van der Waals surface area contributed by atoms with Crippen LogP contribution in [-0.2, 0) is 0 Å². The van der Waals surface area contributed by atoms with Crippen LogP contribution in [0.5, 0.6) is 0 Å². The fraction of sp³-hybridized carbons (Fsp3) is 0.400. The summed E-state index contributed by atoms with van der Waals surface area (Å²) in [4.78, 5) is 9.72. The Balaban J connectivity index is 0.00000256. The summed E-state index contributed by atoms with van der Waals surface area (Å²) in [7, 11) is 0. The molecule has 0 saturated heterocycles. The van der Waals surface area contributed by atoms with Gasteiger partial charge < -0.3 is 10.8 Å². The van der Waals surface area contributed by atoms with Gasteiger partial charge in [-0.15, -0.1) is 12.4 Å². The maximum atomic E-state index is 13.0. The van der Waals surface area contributed by atoms with Crippen LogP contribution < -0.4 is 5.73 Å². The van der Waals surface area contributed by atoms with Crippen LogP contribution in [0.15, 0.2) is 18.2 Å². The minimum absolute atomic E-state index is 0. The van der Waals surface area contributed by atoms with Crippen LogP contribution in [0, 0.1) is 15.9 Å². The Kier molecular flexibility index (Phi) is 6.64. The predicted octanol–water partition coefficient (Wildman–Crippen LogP) is 1.93. The Morgan fingerprint density at radius 3 is 2.71 bits per heavy atom. The van der Waals surface area contributed by atoms with Crippen molar-refractivity contribution in [2.45, 2.75) is 18.9 Å². The molecule has 0 unspecified atom stereocenters. The average Bonchev–Trinajstić information content (AvgIpc) is 2.26. The van der Waals surface area contributed by atoms with Crippen molar-refractivity contribution >= 4 is 18.1 Å². The molecule has 0 amide bonds. The van der Waals surface area contributed by atoms with Crippen molar-refractivity contribution in [1.29, 1.82) is 0 Å². The molecule has 0 aliphatic heterocycles. The third-order valence-corrected chi connectivity index (χ3v) is 2.27. The van der Waals surface area contributed by atoms with E-state index in [-0.39, 0.29) is 19.0 Å². The van der Waals surface area contributed by atoms with Gasteiger partial charge in [0.05, 0.1) is 4.92 Å². The summed E-state index contributed by atoms with van der Waals surface area (Å²) in [6.07, 6.45) is 1.01. The number of nitro groups is 1. The second-order valence-electron chi connectivity index (χ2n) is 3.44. The molecular formula is C10H14ClFN2O3. The molecule has 0 spiro atoms. The molecule has 0 bridgehead atoms. The molecule has 17 heavy (non-hydrogen) atoms. The van der Waals surface area contributed by atoms with Crippen molar-refractivity contribution in [3.8, 4) is 0 Å². The monoisotopic (exact) mass is 264 g/mol. The van der Waals surface area contributed by atoms with Crippen LogP contribution in [0.25, 0.3) is 0 Å². The van der Waals surface area contributed by atoms with Crippen molar-refractivity contribution in [3.63, 3.8) is 0 Å². The van der Waals surface area contributed by atoms with Crippen molar-refractivity contribution in [2.24, 2.45) is 5.73 Å². The van der Waals surface area contributed by atoms with Gasteiger partial charge in [0.2, 0.25) is 5.82 Å². The first-order chi connectivity index (χ1) is 7.56. The number of nitrogens with zero attached hydrogens (tertiary/aromatic N) is 1. The molecule has 1 rings (SSSR count). The van der Waals surface area contributed by atoms with Gasteiger partial charge in [0.1, 0.15) is 0 Å². The quantitative estimate of drug-likeness (QED) is 0.628. The lowest BCUT2D eigenvalue weighted by atomic mass is 10.0. The summed E-state index contributed by atoms with van der Waals surface area (Å²) in [5.74, 6) is -0.872. The Morgan fingerprint density at radius 1 is 1.53 bits per heavy atom. The molecule has 0 heterocycles. The zero-order valence-electron chi connectivity index (χ0n) is 9.01. The van der Waals surface area contributed by atoms with Gasteiger partial charge in [-0.3, -0.25) is 10.1 Å². The van der Waals surface area contributed by atoms with Crippen molar-refractivity contribution in [1.82, 2.24) is 0 Å². The van der Waals surface area contributed by atoms with E-state index in [9.17, 15) is 14.5 Å². The molecule has 0 radical (unpaired) electrons. The van der Waals surface area contributed by atoms with E-state index in [1.807, 2.05) is 0 Å². The van der Waals surface area contributed by atoms with Gasteiger partial charge in [0.15, 0.2) is 0 Å². The van der Waals surface area contributed by atoms with Crippen LogP contribution in [0.2, 0.25) is 0 Å². The van der Waals surface area contributed by atoms with E-state index in [0.29, 0.717) is 18.4 Å². The Labute approximate surface area is 104 Å². The zero-order chi connectivity index (χ0) is 12.1. The number of aliphatic hydroxyl groups excluding tert-OH is 1. The number of hydrogen-bond acceptors (Lipinski definition) is 4. The topological polar surface area (TPSA) is 89.4 Å². The van der Waals surface area contributed by atoms with E-state index in [1.165, 1.54) is 6.07 Å². The highest BCUT2D eigenvalue weighted by Gasteiger charge is 2.16. The molecule has 7 heteroatoms. The highest BCUT2D eigenvalue weighted by atomic mass is 35.5. The third-order valence-electron chi connectivity index (χ3n) is 2.27. The smallest absolute Gasteiger partial charge is 0.305 e. The van der Waals surface area contributed by atoms with Gasteiger partial charge >= 0.3 is 5.69 Å². The minimum atomic E-state index is -0.872. The number of rotatable bonds is 5. The first-order valence-electron chi connectivity index (χ1n) is 4.86. The van der Waals surface area contributed by atoms with Crippen LogP contribution in [0.4, 0.5) is 10.1 Å². The highest BCUT2D eigenvalue weighted by Crippen LogP contribution is 2.23. The van der Waals surface area contributed by atoms with E-state index in [0.717, 1.165) is 12.1 Å². The first kappa shape index (κ1) is 15.8. The number of nitro benzene ring substituents is 1. The molecule has 3 N–H and O–H groups in total. The van der Waals surface area contributed by atoms with Gasteiger partial charge in [0, 0.05) is 18.7 Å². The summed E-state index contributed by atoms with van der Waals surface area (Å²) in [6.45, 7) is 0.0109. The average molecular weight is 265 g/mol. The minimum Gasteiger partial charge on any atom is -0.396 e. The van der Waals surface area contributed by atoms with Crippen LogP contribution in [-0.4, -0.2) is 16.6 Å². The zero-order valence-corrected chi connectivity index (χ0v) is 9.82. The summed E-state index contributed by atoms with van der Waals surface area (Å²) in [5.41, 5.74) is 5.67. The molecule has 96 valence electrons. The number of halogens is 2. The maximum absolute atomic E-state index is 13.0. The number of aliphatic hydroxyl groups is 1. The lowest BCUT2D eigenvalue weighted by Crippen LogP contribution is -2.11. The van der Waals surface area contributed by atoms with Crippen LogP contribution >= 0.6 is 12.4 Å². The SMILES string of the molecule is Cl.N[C@@H](CCCO)c1ccc(F)c([N+](=O)[O-])c1. The molecule has 0 aliphatic carbocycles. The molecule has 1 aromatic rings. The Morgan fingerprint density at radius 2 is 2.18 bits per heavy atom. The second-order valence-corrected chi connectivity index (χ2v) is 3.44. The molecule has 0 saturated carbocycles. The summed E-state index contributed by atoms with van der Waals surface area (Å²) < 4.78 is 13.0. The lowest BCUT2D eigenvalue weighted by molar-refractivity contribution is -0.387. The Hall–Kier alpha value is -1.24. The van der Waals surface area contributed by atoms with Gasteiger partial charge in [-0.1, -0.05) is 6.07 Å². The van der Waals surface area contributed by atoms with E-state index in [1.54, 1.807) is 0 Å². The van der Waals surface area contributed by atoms with Crippen LogP contribution in [0.3, 0.4) is 0 Å². The number of nitrogens with two attached hydrogens (primary N) is 1. The van der Waals surface area contributed by atoms with E-state index >= 15 is 0 Å². The third kappa shape index (κ3) is 4.26. The summed E-state index contributed by atoms with van der Waals surface area (Å²) in [6, 6.07) is 3.17. The first-order valence-corrected chi connectivity index (χ1v) is 4.86. The predicted molar refractivity (Wildman–Crippen MR) is 63.6 cm³/mol. The van der Waals surface area contributed by atoms with E-state index in [2.05, 4.69) is 0 Å². The fourth-order valence-electron chi connectivity index (χ4n) is 1.38. The Bertz CT molecular complexity index is 390. The van der Waals surface area contributed by atoms with E-state index < -0.39 is 22.5 Å². The number of benzene rings is 1. The molecule has 0 fully saturated rings. The normalized spacial score (nSPS) is 11.7. The molecule has 1 aromatic carbocycles. The molecule has 0 aliphatic rings.